The highest BCUT2D eigenvalue weighted by molar-refractivity contribution is 7.99. The van der Waals surface area contributed by atoms with Crippen molar-refractivity contribution < 1.29 is 9.21 Å². The van der Waals surface area contributed by atoms with Crippen LogP contribution in [0.3, 0.4) is 0 Å². The summed E-state index contributed by atoms with van der Waals surface area (Å²) in [5.41, 5.74) is 6.05. The molecule has 1 aromatic rings. The van der Waals surface area contributed by atoms with Crippen molar-refractivity contribution >= 4 is 30.1 Å². The van der Waals surface area contributed by atoms with Gasteiger partial charge in [-0.15, -0.1) is 12.4 Å². The molecule has 0 spiro atoms. The Balaban J connectivity index is 0.00000200. The number of halogens is 1. The molecular formula is C14H23ClN2O2S. The lowest BCUT2D eigenvalue weighted by molar-refractivity contribution is 0.0928. The lowest BCUT2D eigenvalue weighted by Crippen LogP contribution is -2.39. The molecule has 1 aromatic heterocycles. The summed E-state index contributed by atoms with van der Waals surface area (Å²) in [6.45, 7) is 2.51. The summed E-state index contributed by atoms with van der Waals surface area (Å²) in [4.78, 5) is 12.1. The number of furan rings is 1. The van der Waals surface area contributed by atoms with Gasteiger partial charge in [-0.3, -0.25) is 4.79 Å². The van der Waals surface area contributed by atoms with E-state index in [1.807, 2.05) is 11.8 Å². The standard InChI is InChI=1S/C14H22N2O2S.ClH/c1-2-19-13-5-3-4-11(7-13)16-14(17)10-6-12(8-15)18-9-10;/h6,9,11,13H,2-5,7-8,15H2,1H3,(H,16,17);1H. The van der Waals surface area contributed by atoms with E-state index >= 15 is 0 Å². The average molecular weight is 319 g/mol. The molecule has 0 saturated heterocycles. The van der Waals surface area contributed by atoms with Crippen molar-refractivity contribution in [1.29, 1.82) is 0 Å². The fraction of sp³-hybridized carbons (Fsp3) is 0.643. The molecule has 0 aromatic carbocycles. The van der Waals surface area contributed by atoms with Gasteiger partial charge in [0.1, 0.15) is 12.0 Å². The molecule has 2 rings (SSSR count). The Morgan fingerprint density at radius 2 is 2.35 bits per heavy atom. The quantitative estimate of drug-likeness (QED) is 0.876. The van der Waals surface area contributed by atoms with Crippen LogP contribution in [0.2, 0.25) is 0 Å². The van der Waals surface area contributed by atoms with Crippen LogP contribution < -0.4 is 11.1 Å². The van der Waals surface area contributed by atoms with Crippen LogP contribution in [0.15, 0.2) is 16.7 Å². The summed E-state index contributed by atoms with van der Waals surface area (Å²) in [5.74, 6) is 1.75. The maximum absolute atomic E-state index is 12.1. The molecule has 0 aliphatic heterocycles. The molecule has 0 bridgehead atoms. The predicted molar refractivity (Wildman–Crippen MR) is 85.5 cm³/mol. The minimum absolute atomic E-state index is 0. The van der Waals surface area contributed by atoms with Crippen LogP contribution in [0.25, 0.3) is 0 Å². The third kappa shape index (κ3) is 4.72. The summed E-state index contributed by atoms with van der Waals surface area (Å²) in [6, 6.07) is 2.01. The van der Waals surface area contributed by atoms with Crippen molar-refractivity contribution in [2.24, 2.45) is 5.73 Å². The van der Waals surface area contributed by atoms with E-state index in [4.69, 9.17) is 10.2 Å². The number of thioether (sulfide) groups is 1. The van der Waals surface area contributed by atoms with Gasteiger partial charge in [-0.2, -0.15) is 11.8 Å². The van der Waals surface area contributed by atoms with Gasteiger partial charge in [0, 0.05) is 11.3 Å². The first-order valence-corrected chi connectivity index (χ1v) is 7.97. The molecule has 1 fully saturated rings. The van der Waals surface area contributed by atoms with Crippen LogP contribution in [-0.4, -0.2) is 23.0 Å². The lowest BCUT2D eigenvalue weighted by Gasteiger charge is -2.29. The largest absolute Gasteiger partial charge is 0.467 e. The molecule has 1 saturated carbocycles. The fourth-order valence-corrected chi connectivity index (χ4v) is 3.71. The van der Waals surface area contributed by atoms with Crippen molar-refractivity contribution in [3.05, 3.63) is 23.7 Å². The minimum atomic E-state index is -0.0457. The van der Waals surface area contributed by atoms with Crippen molar-refractivity contribution in [1.82, 2.24) is 5.32 Å². The first kappa shape index (κ1) is 17.4. The van der Waals surface area contributed by atoms with Gasteiger partial charge >= 0.3 is 0 Å². The zero-order valence-electron chi connectivity index (χ0n) is 11.8. The number of carbonyl (C=O) groups is 1. The van der Waals surface area contributed by atoms with Crippen LogP contribution >= 0.6 is 24.2 Å². The average Bonchev–Trinajstić information content (AvgIpc) is 2.88. The Kier molecular flexibility index (Phi) is 7.48. The molecule has 6 heteroatoms. The Morgan fingerprint density at radius 1 is 1.55 bits per heavy atom. The van der Waals surface area contributed by atoms with Crippen molar-refractivity contribution in [2.45, 2.75) is 50.4 Å². The van der Waals surface area contributed by atoms with Crippen molar-refractivity contribution in [3.63, 3.8) is 0 Å². The maximum atomic E-state index is 12.1. The number of hydrogen-bond acceptors (Lipinski definition) is 4. The number of nitrogens with one attached hydrogen (secondary N) is 1. The van der Waals surface area contributed by atoms with Gasteiger partial charge in [0.25, 0.3) is 5.91 Å². The molecule has 1 aliphatic rings. The topological polar surface area (TPSA) is 68.3 Å². The molecule has 1 amide bonds. The minimum Gasteiger partial charge on any atom is -0.467 e. The number of hydrogen-bond donors (Lipinski definition) is 2. The Hall–Kier alpha value is -0.650. The highest BCUT2D eigenvalue weighted by atomic mass is 35.5. The molecule has 4 nitrogen and oxygen atoms in total. The third-order valence-corrected chi connectivity index (χ3v) is 4.71. The van der Waals surface area contributed by atoms with Crippen molar-refractivity contribution in [3.8, 4) is 0 Å². The zero-order valence-corrected chi connectivity index (χ0v) is 13.4. The molecule has 20 heavy (non-hydrogen) atoms. The Labute approximate surface area is 130 Å². The molecule has 0 radical (unpaired) electrons. The molecule has 114 valence electrons. The monoisotopic (exact) mass is 318 g/mol. The van der Waals surface area contributed by atoms with E-state index in [-0.39, 0.29) is 18.3 Å². The molecular weight excluding hydrogens is 296 g/mol. The molecule has 1 heterocycles. The van der Waals surface area contributed by atoms with E-state index in [1.165, 1.54) is 19.1 Å². The smallest absolute Gasteiger partial charge is 0.254 e. The van der Waals surface area contributed by atoms with Crippen LogP contribution in [-0.2, 0) is 6.54 Å². The third-order valence-electron chi connectivity index (χ3n) is 3.48. The van der Waals surface area contributed by atoms with Crippen molar-refractivity contribution in [2.75, 3.05) is 5.75 Å². The SMILES string of the molecule is CCSC1CCCC(NC(=O)c2coc(CN)c2)C1.Cl. The first-order valence-electron chi connectivity index (χ1n) is 6.92. The summed E-state index contributed by atoms with van der Waals surface area (Å²) < 4.78 is 5.19. The summed E-state index contributed by atoms with van der Waals surface area (Å²) >= 11 is 2.00. The fourth-order valence-electron chi connectivity index (χ4n) is 2.54. The van der Waals surface area contributed by atoms with E-state index in [0.717, 1.165) is 18.6 Å². The normalized spacial score (nSPS) is 22.1. The Morgan fingerprint density at radius 3 is 3.00 bits per heavy atom. The first-order chi connectivity index (χ1) is 9.22. The number of carbonyl (C=O) groups excluding carboxylic acids is 1. The summed E-state index contributed by atoms with van der Waals surface area (Å²) in [5, 5.41) is 3.80. The molecule has 2 unspecified atom stereocenters. The van der Waals surface area contributed by atoms with Gasteiger partial charge < -0.3 is 15.5 Å². The van der Waals surface area contributed by atoms with E-state index in [2.05, 4.69) is 12.2 Å². The van der Waals surface area contributed by atoms with E-state index in [0.29, 0.717) is 29.2 Å². The zero-order chi connectivity index (χ0) is 13.7. The van der Waals surface area contributed by atoms with E-state index in [9.17, 15) is 4.79 Å². The number of rotatable bonds is 5. The van der Waals surface area contributed by atoms with Gasteiger partial charge in [0.15, 0.2) is 0 Å². The molecule has 3 N–H and O–H groups in total. The van der Waals surface area contributed by atoms with Crippen LogP contribution in [0.5, 0.6) is 0 Å². The second-order valence-electron chi connectivity index (χ2n) is 4.92. The summed E-state index contributed by atoms with van der Waals surface area (Å²) in [7, 11) is 0. The van der Waals surface area contributed by atoms with Crippen LogP contribution in [0.1, 0.15) is 48.7 Å². The van der Waals surface area contributed by atoms with Crippen LogP contribution in [0, 0.1) is 0 Å². The van der Waals surface area contributed by atoms with Crippen LogP contribution in [0.4, 0.5) is 0 Å². The van der Waals surface area contributed by atoms with Gasteiger partial charge in [-0.1, -0.05) is 13.3 Å². The molecule has 2 atom stereocenters. The van der Waals surface area contributed by atoms with Gasteiger partial charge in [0.05, 0.1) is 12.1 Å². The highest BCUT2D eigenvalue weighted by Crippen LogP contribution is 2.28. The second-order valence-corrected chi connectivity index (χ2v) is 6.50. The van der Waals surface area contributed by atoms with Gasteiger partial charge in [-0.05, 0) is 31.1 Å². The van der Waals surface area contributed by atoms with Gasteiger partial charge in [0.2, 0.25) is 0 Å². The Bertz CT molecular complexity index is 423. The van der Waals surface area contributed by atoms with Gasteiger partial charge in [-0.25, -0.2) is 0 Å². The second kappa shape index (κ2) is 8.60. The number of nitrogens with two attached hydrogens (primary N) is 1. The number of amides is 1. The lowest BCUT2D eigenvalue weighted by atomic mass is 9.95. The maximum Gasteiger partial charge on any atom is 0.254 e. The van der Waals surface area contributed by atoms with E-state index < -0.39 is 0 Å². The molecule has 1 aliphatic carbocycles. The highest BCUT2D eigenvalue weighted by Gasteiger charge is 2.23. The predicted octanol–water partition coefficient (Wildman–Crippen LogP) is 2.95. The summed E-state index contributed by atoms with van der Waals surface area (Å²) in [6.07, 6.45) is 6.11. The van der Waals surface area contributed by atoms with E-state index in [1.54, 1.807) is 6.07 Å².